The lowest BCUT2D eigenvalue weighted by Gasteiger charge is -2.40. The van der Waals surface area contributed by atoms with Crippen molar-refractivity contribution in [3.05, 3.63) is 52.8 Å². The number of piperazine rings is 2. The maximum absolute atomic E-state index is 15.4. The summed E-state index contributed by atoms with van der Waals surface area (Å²) < 4.78 is 64.4. The first-order chi connectivity index (χ1) is 21.7. The first-order valence-electron chi connectivity index (χ1n) is 15.4. The van der Waals surface area contributed by atoms with Gasteiger partial charge in [0, 0.05) is 69.5 Å². The summed E-state index contributed by atoms with van der Waals surface area (Å²) in [5, 5.41) is -0.380. The second-order valence-corrected chi connectivity index (χ2v) is 13.4. The number of hydrogen-bond donors (Lipinski definition) is 0. The molecule has 0 saturated carbocycles. The molecule has 0 bridgehead atoms. The Balaban J connectivity index is 1.51. The topological polar surface area (TPSA) is 72.5 Å². The molecule has 5 heterocycles. The third-order valence-electron chi connectivity index (χ3n) is 9.66. The van der Waals surface area contributed by atoms with Crippen LogP contribution in [0.2, 0.25) is 5.02 Å². The maximum Gasteiger partial charge on any atom is 0.417 e. The van der Waals surface area contributed by atoms with E-state index in [1.54, 1.807) is 9.80 Å². The highest BCUT2D eigenvalue weighted by Crippen LogP contribution is 2.49. The van der Waals surface area contributed by atoms with Gasteiger partial charge in [-0.2, -0.15) is 13.2 Å². The molecule has 6 rings (SSSR count). The van der Waals surface area contributed by atoms with Crippen molar-refractivity contribution in [3.63, 3.8) is 0 Å². The van der Waals surface area contributed by atoms with Crippen LogP contribution in [0.5, 0.6) is 5.75 Å². The van der Waals surface area contributed by atoms with Gasteiger partial charge < -0.3 is 24.3 Å². The number of pyridine rings is 1. The summed E-state index contributed by atoms with van der Waals surface area (Å²) in [4.78, 5) is 41.2. The number of nitrogens with zero attached hydrogens (tertiary/aromatic N) is 6. The minimum atomic E-state index is -4.91. The van der Waals surface area contributed by atoms with Gasteiger partial charge in [-0.25, -0.2) is 9.37 Å². The lowest BCUT2D eigenvalue weighted by molar-refractivity contribution is -0.137. The molecule has 46 heavy (non-hydrogen) atoms. The largest absolute Gasteiger partial charge is 0.489 e. The fourth-order valence-electron chi connectivity index (χ4n) is 7.15. The molecule has 2 amide bonds. The quantitative estimate of drug-likeness (QED) is 0.355. The molecule has 3 saturated heterocycles. The predicted octanol–water partition coefficient (Wildman–Crippen LogP) is 4.40. The number of carbonyl (C=O) groups excluding carboxylic acids is 2. The minimum absolute atomic E-state index is 0.0248. The highest BCUT2D eigenvalue weighted by molar-refractivity contribution is 6.35. The summed E-state index contributed by atoms with van der Waals surface area (Å²) in [7, 11) is 2.07. The fraction of sp³-hybridized carbons (Fsp3) is 0.531. The molecule has 4 aliphatic heterocycles. The summed E-state index contributed by atoms with van der Waals surface area (Å²) in [6.45, 7) is 12.0. The van der Waals surface area contributed by atoms with Gasteiger partial charge in [-0.05, 0) is 45.5 Å². The highest BCUT2D eigenvalue weighted by atomic mass is 35.5. The second kappa shape index (κ2) is 12.0. The van der Waals surface area contributed by atoms with E-state index < -0.39 is 46.3 Å². The van der Waals surface area contributed by atoms with Gasteiger partial charge in [0.2, 0.25) is 5.91 Å². The Kier molecular flexibility index (Phi) is 8.47. The zero-order valence-corrected chi connectivity index (χ0v) is 26.8. The number of halogens is 5. The van der Waals surface area contributed by atoms with Crippen LogP contribution >= 0.6 is 11.6 Å². The summed E-state index contributed by atoms with van der Waals surface area (Å²) in [5.41, 5.74) is -3.05. The molecule has 3 fully saturated rings. The van der Waals surface area contributed by atoms with Gasteiger partial charge in [0.05, 0.1) is 17.3 Å². The second-order valence-electron chi connectivity index (χ2n) is 13.0. The lowest BCUT2D eigenvalue weighted by atomic mass is 9.98. The molecule has 0 spiro atoms. The minimum Gasteiger partial charge on any atom is -0.489 e. The molecule has 1 aromatic heterocycles. The molecule has 1 aromatic carbocycles. The van der Waals surface area contributed by atoms with Crippen molar-refractivity contribution in [1.29, 1.82) is 0 Å². The Labute approximate surface area is 270 Å². The number of alkyl halides is 3. The zero-order valence-electron chi connectivity index (χ0n) is 26.0. The Morgan fingerprint density at radius 2 is 1.80 bits per heavy atom. The van der Waals surface area contributed by atoms with Crippen LogP contribution in [0.3, 0.4) is 0 Å². The molecule has 0 radical (unpaired) electrons. The van der Waals surface area contributed by atoms with Gasteiger partial charge in [-0.3, -0.25) is 14.5 Å². The van der Waals surface area contributed by atoms with E-state index in [-0.39, 0.29) is 60.3 Å². The van der Waals surface area contributed by atoms with Crippen LogP contribution in [0.4, 0.5) is 23.4 Å². The van der Waals surface area contributed by atoms with E-state index >= 15 is 4.39 Å². The van der Waals surface area contributed by atoms with Crippen molar-refractivity contribution in [2.45, 2.75) is 44.1 Å². The Bertz CT molecular complexity index is 1560. The van der Waals surface area contributed by atoms with Crippen LogP contribution in [0.15, 0.2) is 30.9 Å². The predicted molar refractivity (Wildman–Crippen MR) is 166 cm³/mol. The SMILES string of the molecule is C=CC(=O)N1CCN2C(=O)c3c(N4CC(N5CCN(C)CC5)CC4(C)C)nc(-c4c(F)cccc4C(F)(F)F)c(Cl)c3OC[C@H]2C1. The van der Waals surface area contributed by atoms with Crippen LogP contribution in [-0.2, 0) is 11.0 Å². The van der Waals surface area contributed by atoms with Crippen molar-refractivity contribution in [2.75, 3.05) is 70.9 Å². The normalized spacial score (nSPS) is 23.9. The van der Waals surface area contributed by atoms with E-state index in [2.05, 4.69) is 28.4 Å². The molecule has 0 N–H and O–H groups in total. The van der Waals surface area contributed by atoms with Crippen molar-refractivity contribution < 1.29 is 31.9 Å². The van der Waals surface area contributed by atoms with Crippen molar-refractivity contribution in [3.8, 4) is 17.0 Å². The van der Waals surface area contributed by atoms with Gasteiger partial charge in [-0.15, -0.1) is 0 Å². The number of carbonyl (C=O) groups is 2. The van der Waals surface area contributed by atoms with Gasteiger partial charge in [0.15, 0.2) is 5.75 Å². The number of rotatable bonds is 4. The van der Waals surface area contributed by atoms with Crippen LogP contribution in [-0.4, -0.2) is 120 Å². The number of amides is 2. The van der Waals surface area contributed by atoms with E-state index in [0.717, 1.165) is 44.4 Å². The molecular formula is C32H37ClF4N6O3. The first-order valence-corrected chi connectivity index (χ1v) is 15.7. The smallest absolute Gasteiger partial charge is 0.417 e. The summed E-state index contributed by atoms with van der Waals surface area (Å²) in [5.74, 6) is -1.94. The fourth-order valence-corrected chi connectivity index (χ4v) is 7.44. The summed E-state index contributed by atoms with van der Waals surface area (Å²) in [6.07, 6.45) is -3.00. The van der Waals surface area contributed by atoms with E-state index in [0.29, 0.717) is 13.0 Å². The number of anilines is 1. The third kappa shape index (κ3) is 5.70. The maximum atomic E-state index is 15.4. The zero-order chi connectivity index (χ0) is 33.1. The first kappa shape index (κ1) is 32.5. The molecule has 0 aliphatic carbocycles. The van der Waals surface area contributed by atoms with E-state index in [1.165, 1.54) is 6.08 Å². The van der Waals surface area contributed by atoms with Crippen LogP contribution < -0.4 is 9.64 Å². The average molecular weight is 665 g/mol. The monoisotopic (exact) mass is 664 g/mol. The van der Waals surface area contributed by atoms with Gasteiger partial charge >= 0.3 is 6.18 Å². The molecule has 2 aromatic rings. The van der Waals surface area contributed by atoms with E-state index in [4.69, 9.17) is 16.3 Å². The number of hydrogen-bond acceptors (Lipinski definition) is 7. The Hall–Kier alpha value is -3.42. The van der Waals surface area contributed by atoms with Crippen LogP contribution in [0.25, 0.3) is 11.3 Å². The van der Waals surface area contributed by atoms with Crippen molar-refractivity contribution >= 4 is 29.2 Å². The van der Waals surface area contributed by atoms with Crippen molar-refractivity contribution in [1.82, 2.24) is 24.6 Å². The molecular weight excluding hydrogens is 628 g/mol. The molecule has 9 nitrogen and oxygen atoms in total. The summed E-state index contributed by atoms with van der Waals surface area (Å²) in [6, 6.07) is 2.21. The summed E-state index contributed by atoms with van der Waals surface area (Å²) >= 11 is 6.80. The Morgan fingerprint density at radius 3 is 2.48 bits per heavy atom. The molecule has 4 aliphatic rings. The molecule has 2 atom stereocenters. The average Bonchev–Trinajstić information content (AvgIpc) is 3.25. The standard InChI is InChI=1S/C32H37ClF4N6O3/c1-5-23(44)41-13-14-42-20(16-41)18-46-28-25(30(42)45)29(43-17-19(15-31(43,2)3)40-11-9-39(4)10-12-40)38-27(26(28)33)24-21(32(35,36)37)7-6-8-22(24)34/h5-8,19-20H,1,9-18H2,2-4H3/t19?,20-/m1/s1. The van der Waals surface area contributed by atoms with Crippen LogP contribution in [0.1, 0.15) is 36.2 Å². The van der Waals surface area contributed by atoms with E-state index in [9.17, 15) is 22.8 Å². The van der Waals surface area contributed by atoms with Gasteiger partial charge in [0.1, 0.15) is 28.8 Å². The molecule has 248 valence electrons. The van der Waals surface area contributed by atoms with E-state index in [1.807, 2.05) is 18.7 Å². The Morgan fingerprint density at radius 1 is 1.09 bits per heavy atom. The highest BCUT2D eigenvalue weighted by Gasteiger charge is 2.47. The number of ether oxygens (including phenoxy) is 1. The number of fused-ring (bicyclic) bond motifs is 2. The van der Waals surface area contributed by atoms with Gasteiger partial charge in [0.25, 0.3) is 5.91 Å². The third-order valence-corrected chi connectivity index (χ3v) is 10.0. The van der Waals surface area contributed by atoms with Crippen molar-refractivity contribution in [2.24, 2.45) is 0 Å². The lowest BCUT2D eigenvalue weighted by Crippen LogP contribution is -2.57. The number of benzene rings is 1. The van der Waals surface area contributed by atoms with Gasteiger partial charge in [-0.1, -0.05) is 24.2 Å². The molecule has 1 unspecified atom stereocenters. The number of aromatic nitrogens is 1. The van der Waals surface area contributed by atoms with Crippen LogP contribution in [0, 0.1) is 5.82 Å². The number of likely N-dealkylation sites (N-methyl/N-ethyl adjacent to an activating group) is 1. The molecule has 14 heteroatoms.